The SMILES string of the molecule is C[C@H]1CN(c2ncc(-c3c(F)cc(N4CCN(C)[C@@H](C)C4)c(-n4cc(C(N)=O)c(C(F)(F)F)cc4=O)c3F)cn2)CCO1. The second-order valence-corrected chi connectivity index (χ2v) is 10.8. The first-order valence-electron chi connectivity index (χ1n) is 13.6. The molecule has 0 radical (unpaired) electrons. The highest BCUT2D eigenvalue weighted by molar-refractivity contribution is 5.94. The predicted molar refractivity (Wildman–Crippen MR) is 148 cm³/mol. The van der Waals surface area contributed by atoms with Gasteiger partial charge in [-0.2, -0.15) is 13.2 Å². The molecule has 0 unspecified atom stereocenters. The summed E-state index contributed by atoms with van der Waals surface area (Å²) in [4.78, 5) is 39.3. The quantitative estimate of drug-likeness (QED) is 0.441. The molecule has 2 aliphatic heterocycles. The fourth-order valence-corrected chi connectivity index (χ4v) is 5.35. The lowest BCUT2D eigenvalue weighted by Gasteiger charge is -2.40. The normalized spacial score (nSPS) is 20.0. The fraction of sp³-hybridized carbons (Fsp3) is 0.429. The van der Waals surface area contributed by atoms with Crippen LogP contribution >= 0.6 is 0 Å². The van der Waals surface area contributed by atoms with Gasteiger partial charge in [0.25, 0.3) is 11.5 Å². The molecule has 0 bridgehead atoms. The molecule has 2 atom stereocenters. The smallest absolute Gasteiger partial charge is 0.375 e. The average Bonchev–Trinajstić information content (AvgIpc) is 2.94. The number of aromatic nitrogens is 3. The van der Waals surface area contributed by atoms with Crippen LogP contribution in [-0.4, -0.2) is 83.9 Å². The highest BCUT2D eigenvalue weighted by Crippen LogP contribution is 2.38. The minimum absolute atomic E-state index is 0.0539. The van der Waals surface area contributed by atoms with Gasteiger partial charge in [0.15, 0.2) is 5.82 Å². The molecule has 10 nitrogen and oxygen atoms in total. The lowest BCUT2D eigenvalue weighted by atomic mass is 10.0. The number of hydrogen-bond acceptors (Lipinski definition) is 8. The van der Waals surface area contributed by atoms with Crippen LogP contribution in [0, 0.1) is 11.6 Å². The van der Waals surface area contributed by atoms with Crippen LogP contribution in [0.3, 0.4) is 0 Å². The molecular weight excluding hydrogens is 577 g/mol. The Bertz CT molecular complexity index is 1600. The maximum atomic E-state index is 16.6. The van der Waals surface area contributed by atoms with Crippen molar-refractivity contribution in [1.29, 1.82) is 0 Å². The highest BCUT2D eigenvalue weighted by atomic mass is 19.4. The zero-order valence-electron chi connectivity index (χ0n) is 23.7. The summed E-state index contributed by atoms with van der Waals surface area (Å²) >= 11 is 0. The van der Waals surface area contributed by atoms with E-state index in [1.165, 1.54) is 12.4 Å². The molecule has 230 valence electrons. The van der Waals surface area contributed by atoms with Crippen LogP contribution in [-0.2, 0) is 10.9 Å². The van der Waals surface area contributed by atoms with Gasteiger partial charge in [-0.1, -0.05) is 0 Å². The number of rotatable bonds is 5. The third kappa shape index (κ3) is 5.91. The summed E-state index contributed by atoms with van der Waals surface area (Å²) < 4.78 is 79.4. The Morgan fingerprint density at radius 3 is 2.35 bits per heavy atom. The summed E-state index contributed by atoms with van der Waals surface area (Å²) in [5.41, 5.74) is 0.107. The van der Waals surface area contributed by atoms with Gasteiger partial charge in [-0.05, 0) is 20.9 Å². The predicted octanol–water partition coefficient (Wildman–Crippen LogP) is 3.06. The number of carbonyl (C=O) groups is 1. The Labute approximate surface area is 243 Å². The van der Waals surface area contributed by atoms with E-state index in [0.717, 1.165) is 6.07 Å². The van der Waals surface area contributed by atoms with Crippen molar-refractivity contribution in [2.75, 3.05) is 56.2 Å². The molecule has 5 rings (SSSR count). The van der Waals surface area contributed by atoms with Crippen molar-refractivity contribution in [3.8, 4) is 16.8 Å². The number of ether oxygens (including phenoxy) is 1. The number of morpholine rings is 1. The van der Waals surface area contributed by atoms with Crippen molar-refractivity contribution in [3.63, 3.8) is 0 Å². The molecule has 0 aliphatic carbocycles. The summed E-state index contributed by atoms with van der Waals surface area (Å²) in [6.07, 6.45) is -2.13. The number of piperazine rings is 1. The van der Waals surface area contributed by atoms with Gasteiger partial charge in [-0.25, -0.2) is 18.7 Å². The minimum atomic E-state index is -5.08. The van der Waals surface area contributed by atoms with Crippen LogP contribution in [0.2, 0.25) is 0 Å². The second kappa shape index (κ2) is 11.5. The number of halogens is 5. The van der Waals surface area contributed by atoms with E-state index in [9.17, 15) is 22.8 Å². The van der Waals surface area contributed by atoms with E-state index in [-0.39, 0.29) is 29.5 Å². The summed E-state index contributed by atoms with van der Waals surface area (Å²) in [5.74, 6) is -3.38. The molecule has 2 aliphatic rings. The molecule has 0 saturated carbocycles. The van der Waals surface area contributed by atoms with Crippen LogP contribution in [0.1, 0.15) is 29.8 Å². The van der Waals surface area contributed by atoms with Crippen molar-refractivity contribution in [3.05, 3.63) is 63.8 Å². The van der Waals surface area contributed by atoms with Crippen molar-refractivity contribution in [1.82, 2.24) is 19.4 Å². The van der Waals surface area contributed by atoms with E-state index >= 15 is 8.78 Å². The first-order valence-corrected chi connectivity index (χ1v) is 13.6. The summed E-state index contributed by atoms with van der Waals surface area (Å²) in [6, 6.07) is 1.15. The number of primary amides is 1. The molecule has 2 saturated heterocycles. The van der Waals surface area contributed by atoms with Crippen molar-refractivity contribution in [2.24, 2.45) is 5.73 Å². The van der Waals surface area contributed by atoms with E-state index in [1.807, 2.05) is 30.7 Å². The van der Waals surface area contributed by atoms with Gasteiger partial charge < -0.3 is 25.2 Å². The van der Waals surface area contributed by atoms with Gasteiger partial charge in [0.1, 0.15) is 11.5 Å². The van der Waals surface area contributed by atoms with E-state index in [0.29, 0.717) is 56.0 Å². The fourth-order valence-electron chi connectivity index (χ4n) is 5.35. The third-order valence-electron chi connectivity index (χ3n) is 7.79. The number of benzene rings is 1. The van der Waals surface area contributed by atoms with E-state index in [1.54, 1.807) is 4.90 Å². The minimum Gasteiger partial charge on any atom is -0.375 e. The van der Waals surface area contributed by atoms with Crippen LogP contribution < -0.4 is 21.1 Å². The topological polar surface area (TPSA) is 110 Å². The van der Waals surface area contributed by atoms with Gasteiger partial charge in [-0.3, -0.25) is 14.2 Å². The van der Waals surface area contributed by atoms with Crippen molar-refractivity contribution < 1.29 is 31.5 Å². The summed E-state index contributed by atoms with van der Waals surface area (Å²) in [6.45, 7) is 6.40. The highest BCUT2D eigenvalue weighted by Gasteiger charge is 2.37. The number of alkyl halides is 3. The van der Waals surface area contributed by atoms with Gasteiger partial charge in [0.2, 0.25) is 5.95 Å². The Balaban J connectivity index is 1.69. The Hall–Kier alpha value is -4.11. The number of nitrogens with zero attached hydrogens (tertiary/aromatic N) is 6. The second-order valence-electron chi connectivity index (χ2n) is 10.8. The molecule has 2 fully saturated rings. The van der Waals surface area contributed by atoms with E-state index < -0.39 is 51.7 Å². The van der Waals surface area contributed by atoms with E-state index in [2.05, 4.69) is 9.97 Å². The number of anilines is 2. The molecule has 43 heavy (non-hydrogen) atoms. The average molecular weight is 608 g/mol. The van der Waals surface area contributed by atoms with Crippen LogP contribution in [0.5, 0.6) is 0 Å². The first kappa shape index (κ1) is 30.4. The molecule has 15 heteroatoms. The zero-order chi connectivity index (χ0) is 31.2. The molecule has 1 amide bonds. The lowest BCUT2D eigenvalue weighted by molar-refractivity contribution is -0.138. The lowest BCUT2D eigenvalue weighted by Crippen LogP contribution is -2.50. The number of pyridine rings is 1. The molecule has 3 aromatic rings. The number of carbonyl (C=O) groups excluding carboxylic acids is 1. The van der Waals surface area contributed by atoms with Gasteiger partial charge >= 0.3 is 6.18 Å². The molecule has 2 N–H and O–H groups in total. The number of hydrogen-bond donors (Lipinski definition) is 1. The maximum Gasteiger partial charge on any atom is 0.417 e. The van der Waals surface area contributed by atoms with Crippen LogP contribution in [0.15, 0.2) is 35.5 Å². The standard InChI is InChI=1S/C28H30F5N7O3/c1-15-12-38(5-4-37(15)3)21-9-20(29)23(17-10-35-27(36-11-17)39-6-7-43-16(2)13-39)24(30)25(21)40-14-18(26(34)42)19(8-22(40)41)28(31,32)33/h8-11,14-16H,4-7,12-13H2,1-3H3,(H2,34,42)/t15-,16-/m0/s1. The number of likely N-dealkylation sites (N-methyl/N-ethyl adjacent to an activating group) is 1. The Morgan fingerprint density at radius 1 is 1.05 bits per heavy atom. The third-order valence-corrected chi connectivity index (χ3v) is 7.79. The Morgan fingerprint density at radius 2 is 1.74 bits per heavy atom. The van der Waals surface area contributed by atoms with E-state index in [4.69, 9.17) is 10.5 Å². The number of amides is 1. The van der Waals surface area contributed by atoms with Gasteiger partial charge in [0.05, 0.1) is 35.1 Å². The van der Waals surface area contributed by atoms with Gasteiger partial charge in [0, 0.05) is 75.1 Å². The first-order chi connectivity index (χ1) is 20.3. The number of nitrogens with two attached hydrogens (primary N) is 1. The zero-order valence-corrected chi connectivity index (χ0v) is 23.7. The Kier molecular flexibility index (Phi) is 8.13. The van der Waals surface area contributed by atoms with Crippen LogP contribution in [0.4, 0.5) is 33.6 Å². The van der Waals surface area contributed by atoms with Crippen molar-refractivity contribution in [2.45, 2.75) is 32.2 Å². The largest absolute Gasteiger partial charge is 0.417 e. The summed E-state index contributed by atoms with van der Waals surface area (Å²) in [7, 11) is 1.88. The van der Waals surface area contributed by atoms with Crippen molar-refractivity contribution >= 4 is 17.5 Å². The van der Waals surface area contributed by atoms with Crippen LogP contribution in [0.25, 0.3) is 16.8 Å². The van der Waals surface area contributed by atoms with Gasteiger partial charge in [-0.15, -0.1) is 0 Å². The maximum absolute atomic E-state index is 16.6. The summed E-state index contributed by atoms with van der Waals surface area (Å²) in [5, 5.41) is 0. The molecule has 4 heterocycles. The molecule has 0 spiro atoms. The molecule has 1 aromatic carbocycles. The monoisotopic (exact) mass is 607 g/mol. The molecular formula is C28H30F5N7O3. The molecule has 2 aromatic heterocycles.